The van der Waals surface area contributed by atoms with Gasteiger partial charge in [-0.25, -0.2) is 0 Å². The molecule has 2 rings (SSSR count). The van der Waals surface area contributed by atoms with Gasteiger partial charge < -0.3 is 10.1 Å². The summed E-state index contributed by atoms with van der Waals surface area (Å²) in [6.07, 6.45) is 0. The van der Waals surface area contributed by atoms with Crippen molar-refractivity contribution in [2.75, 3.05) is 12.4 Å². The first kappa shape index (κ1) is 12.9. The van der Waals surface area contributed by atoms with Crippen molar-refractivity contribution in [3.63, 3.8) is 0 Å². The number of hydrogen-bond acceptors (Lipinski definition) is 3. The fraction of sp³-hybridized carbons (Fsp3) is 0.167. The maximum atomic E-state index is 5.19. The highest BCUT2D eigenvalue weighted by atomic mass is 79.9. The minimum absolute atomic E-state index is 0.816. The standard InChI is InChI=1S/C12H11Br2NOS/c1-16-11-3-2-8(6-10(11)14)15-7-12-9(13)4-5-17-12/h2-6,15H,7H2,1H3. The second-order valence-electron chi connectivity index (χ2n) is 3.39. The van der Waals surface area contributed by atoms with Crippen LogP contribution in [0.15, 0.2) is 38.6 Å². The minimum atomic E-state index is 0.816. The molecule has 2 aromatic rings. The van der Waals surface area contributed by atoms with Crippen molar-refractivity contribution in [2.45, 2.75) is 6.54 Å². The summed E-state index contributed by atoms with van der Waals surface area (Å²) >= 11 is 8.72. The highest BCUT2D eigenvalue weighted by Crippen LogP contribution is 2.29. The van der Waals surface area contributed by atoms with E-state index >= 15 is 0 Å². The monoisotopic (exact) mass is 375 g/mol. The second-order valence-corrected chi connectivity index (χ2v) is 6.10. The van der Waals surface area contributed by atoms with E-state index in [1.807, 2.05) is 18.2 Å². The molecule has 0 fully saturated rings. The number of rotatable bonds is 4. The maximum Gasteiger partial charge on any atom is 0.133 e. The highest BCUT2D eigenvalue weighted by molar-refractivity contribution is 9.10. The van der Waals surface area contributed by atoms with Crippen molar-refractivity contribution in [1.29, 1.82) is 0 Å². The Morgan fingerprint density at radius 2 is 2.06 bits per heavy atom. The smallest absolute Gasteiger partial charge is 0.133 e. The molecule has 0 amide bonds. The largest absolute Gasteiger partial charge is 0.496 e. The van der Waals surface area contributed by atoms with Gasteiger partial charge in [-0.3, -0.25) is 0 Å². The lowest BCUT2D eigenvalue weighted by atomic mass is 10.3. The van der Waals surface area contributed by atoms with Gasteiger partial charge >= 0.3 is 0 Å². The molecule has 0 aliphatic rings. The number of hydrogen-bond donors (Lipinski definition) is 1. The summed E-state index contributed by atoms with van der Waals surface area (Å²) in [5.41, 5.74) is 1.07. The summed E-state index contributed by atoms with van der Waals surface area (Å²) in [4.78, 5) is 1.29. The molecule has 0 saturated heterocycles. The van der Waals surface area contributed by atoms with Crippen LogP contribution in [-0.4, -0.2) is 7.11 Å². The lowest BCUT2D eigenvalue weighted by Crippen LogP contribution is -1.98. The Morgan fingerprint density at radius 3 is 2.65 bits per heavy atom. The summed E-state index contributed by atoms with van der Waals surface area (Å²) in [6.45, 7) is 0.816. The first-order chi connectivity index (χ1) is 8.20. The van der Waals surface area contributed by atoms with E-state index in [4.69, 9.17) is 4.74 Å². The summed E-state index contributed by atoms with van der Waals surface area (Å²) < 4.78 is 7.30. The van der Waals surface area contributed by atoms with Crippen LogP contribution in [0.3, 0.4) is 0 Å². The van der Waals surface area contributed by atoms with E-state index in [2.05, 4.69) is 48.6 Å². The molecule has 0 spiro atoms. The molecule has 0 atom stereocenters. The first-order valence-corrected chi connectivity index (χ1v) is 7.46. The molecule has 0 radical (unpaired) electrons. The SMILES string of the molecule is COc1ccc(NCc2sccc2Br)cc1Br. The molecule has 1 heterocycles. The molecule has 1 aromatic heterocycles. The number of thiophene rings is 1. The van der Waals surface area contributed by atoms with Crippen molar-refractivity contribution in [3.8, 4) is 5.75 Å². The summed E-state index contributed by atoms with van der Waals surface area (Å²) in [5.74, 6) is 0.841. The molecule has 1 N–H and O–H groups in total. The van der Waals surface area contributed by atoms with Crippen molar-refractivity contribution >= 4 is 48.9 Å². The summed E-state index contributed by atoms with van der Waals surface area (Å²) in [6, 6.07) is 8.02. The third kappa shape index (κ3) is 3.24. The van der Waals surface area contributed by atoms with Gasteiger partial charge in [0.15, 0.2) is 0 Å². The van der Waals surface area contributed by atoms with Crippen LogP contribution >= 0.6 is 43.2 Å². The number of ether oxygens (including phenoxy) is 1. The van der Waals surface area contributed by atoms with Gasteiger partial charge in [0.25, 0.3) is 0 Å². The van der Waals surface area contributed by atoms with Gasteiger partial charge in [-0.05, 0) is 61.5 Å². The average molecular weight is 377 g/mol. The zero-order valence-corrected chi connectivity index (χ0v) is 13.2. The maximum absolute atomic E-state index is 5.19. The highest BCUT2D eigenvalue weighted by Gasteiger charge is 2.03. The number of halogens is 2. The quantitative estimate of drug-likeness (QED) is 0.819. The number of anilines is 1. The van der Waals surface area contributed by atoms with Gasteiger partial charge in [0.05, 0.1) is 18.1 Å². The third-order valence-corrected chi connectivity index (χ3v) is 4.84. The normalized spacial score (nSPS) is 10.3. The van der Waals surface area contributed by atoms with E-state index in [1.165, 1.54) is 4.88 Å². The Morgan fingerprint density at radius 1 is 1.24 bits per heavy atom. The van der Waals surface area contributed by atoms with Gasteiger partial charge in [0.2, 0.25) is 0 Å². The van der Waals surface area contributed by atoms with Crippen LogP contribution in [0.4, 0.5) is 5.69 Å². The first-order valence-electron chi connectivity index (χ1n) is 5.00. The van der Waals surface area contributed by atoms with Crippen LogP contribution in [0.5, 0.6) is 5.75 Å². The lowest BCUT2D eigenvalue weighted by Gasteiger charge is -2.08. The predicted molar refractivity (Wildman–Crippen MR) is 80.0 cm³/mol. The van der Waals surface area contributed by atoms with Crippen LogP contribution in [0.25, 0.3) is 0 Å². The van der Waals surface area contributed by atoms with Gasteiger partial charge in [-0.1, -0.05) is 0 Å². The zero-order chi connectivity index (χ0) is 12.3. The Labute approximate surface area is 121 Å². The third-order valence-electron chi connectivity index (χ3n) is 2.30. The zero-order valence-electron chi connectivity index (χ0n) is 9.17. The second kappa shape index (κ2) is 5.89. The van der Waals surface area contributed by atoms with Crippen molar-refractivity contribution in [3.05, 3.63) is 43.5 Å². The molecule has 0 bridgehead atoms. The fourth-order valence-corrected chi connectivity index (χ4v) is 3.38. The van der Waals surface area contributed by atoms with Gasteiger partial charge in [-0.2, -0.15) is 0 Å². The van der Waals surface area contributed by atoms with Crippen molar-refractivity contribution < 1.29 is 4.74 Å². The molecule has 0 aliphatic carbocycles. The lowest BCUT2D eigenvalue weighted by molar-refractivity contribution is 0.412. The molecular formula is C12H11Br2NOS. The average Bonchev–Trinajstić information content (AvgIpc) is 2.72. The van der Waals surface area contributed by atoms with Crippen LogP contribution in [-0.2, 0) is 6.54 Å². The molecule has 2 nitrogen and oxygen atoms in total. The van der Waals surface area contributed by atoms with E-state index in [9.17, 15) is 0 Å². The molecule has 0 aliphatic heterocycles. The number of methoxy groups -OCH3 is 1. The Hall–Kier alpha value is -0.520. The molecule has 0 unspecified atom stereocenters. The molecule has 1 aromatic carbocycles. The molecule has 17 heavy (non-hydrogen) atoms. The number of benzene rings is 1. The van der Waals surface area contributed by atoms with Crippen LogP contribution < -0.4 is 10.1 Å². The molecule has 90 valence electrons. The van der Waals surface area contributed by atoms with E-state index in [-0.39, 0.29) is 0 Å². The summed E-state index contributed by atoms with van der Waals surface area (Å²) in [5, 5.41) is 5.45. The number of nitrogens with one attached hydrogen (secondary N) is 1. The fourth-order valence-electron chi connectivity index (χ4n) is 1.41. The van der Waals surface area contributed by atoms with Gasteiger partial charge in [-0.15, -0.1) is 11.3 Å². The van der Waals surface area contributed by atoms with Crippen LogP contribution in [0, 0.1) is 0 Å². The predicted octanol–water partition coefficient (Wildman–Crippen LogP) is 4.89. The Balaban J connectivity index is 2.05. The van der Waals surface area contributed by atoms with Crippen molar-refractivity contribution in [2.24, 2.45) is 0 Å². The van der Waals surface area contributed by atoms with Gasteiger partial charge in [0.1, 0.15) is 5.75 Å². The van der Waals surface area contributed by atoms with E-state index in [1.54, 1.807) is 18.4 Å². The van der Waals surface area contributed by atoms with Crippen LogP contribution in [0.1, 0.15) is 4.88 Å². The minimum Gasteiger partial charge on any atom is -0.496 e. The Bertz CT molecular complexity index is 513. The van der Waals surface area contributed by atoms with Crippen molar-refractivity contribution in [1.82, 2.24) is 0 Å². The van der Waals surface area contributed by atoms with E-state index in [0.717, 1.165) is 26.9 Å². The van der Waals surface area contributed by atoms with Crippen LogP contribution in [0.2, 0.25) is 0 Å². The molecular weight excluding hydrogens is 366 g/mol. The topological polar surface area (TPSA) is 21.3 Å². The molecule has 5 heteroatoms. The van der Waals surface area contributed by atoms with E-state index in [0.29, 0.717) is 0 Å². The Kier molecular flexibility index (Phi) is 4.48. The summed E-state index contributed by atoms with van der Waals surface area (Å²) in [7, 11) is 1.66. The van der Waals surface area contributed by atoms with E-state index < -0.39 is 0 Å². The molecule has 0 saturated carbocycles. The van der Waals surface area contributed by atoms with Gasteiger partial charge in [0, 0.05) is 15.0 Å².